The quantitative estimate of drug-likeness (QED) is 0.771. The number of aliphatic carboxylic acids is 1. The van der Waals surface area contributed by atoms with Gasteiger partial charge in [-0.1, -0.05) is 5.21 Å². The lowest BCUT2D eigenvalue weighted by Gasteiger charge is -2.14. The Hall–Kier alpha value is -1.96. The molecule has 0 aliphatic carbocycles. The average molecular weight is 268 g/mol. The monoisotopic (exact) mass is 268 g/mol. The van der Waals surface area contributed by atoms with Crippen molar-refractivity contribution in [2.75, 3.05) is 26.8 Å². The van der Waals surface area contributed by atoms with Gasteiger partial charge >= 0.3 is 5.97 Å². The molecule has 0 saturated carbocycles. The smallest absolute Gasteiger partial charge is 0.325 e. The number of carbonyl (C=O) groups excluding carboxylic acids is 1. The molecule has 2 heterocycles. The third kappa shape index (κ3) is 3.28. The Bertz CT molecular complexity index is 473. The van der Waals surface area contributed by atoms with E-state index >= 15 is 0 Å². The first-order valence-corrected chi connectivity index (χ1v) is 6.00. The van der Waals surface area contributed by atoms with Crippen molar-refractivity contribution in [1.82, 2.24) is 19.9 Å². The van der Waals surface area contributed by atoms with Crippen molar-refractivity contribution in [2.24, 2.45) is 5.92 Å². The van der Waals surface area contributed by atoms with Crippen LogP contribution in [0.3, 0.4) is 0 Å². The summed E-state index contributed by atoms with van der Waals surface area (Å²) in [6, 6.07) is 0. The van der Waals surface area contributed by atoms with Gasteiger partial charge in [0.25, 0.3) is 5.91 Å². The first-order valence-electron chi connectivity index (χ1n) is 6.00. The molecule has 0 bridgehead atoms. The van der Waals surface area contributed by atoms with Gasteiger partial charge in [0.05, 0.1) is 12.8 Å². The number of amides is 1. The summed E-state index contributed by atoms with van der Waals surface area (Å²) in [6.45, 7) is 1.64. The normalized spacial score (nSPS) is 18.8. The van der Waals surface area contributed by atoms with Gasteiger partial charge in [-0.3, -0.25) is 9.59 Å². The van der Waals surface area contributed by atoms with Crippen LogP contribution in [0.2, 0.25) is 0 Å². The molecule has 19 heavy (non-hydrogen) atoms. The number of hydrogen-bond acceptors (Lipinski definition) is 5. The van der Waals surface area contributed by atoms with Gasteiger partial charge in [0, 0.05) is 26.1 Å². The molecular weight excluding hydrogens is 252 g/mol. The van der Waals surface area contributed by atoms with E-state index in [0.29, 0.717) is 25.6 Å². The van der Waals surface area contributed by atoms with Gasteiger partial charge in [-0.2, -0.15) is 0 Å². The molecule has 1 saturated heterocycles. The maximum Gasteiger partial charge on any atom is 0.325 e. The summed E-state index contributed by atoms with van der Waals surface area (Å²) in [5.74, 6) is -0.886. The molecule has 1 unspecified atom stereocenters. The highest BCUT2D eigenvalue weighted by atomic mass is 16.5. The Labute approximate surface area is 109 Å². The second-order valence-corrected chi connectivity index (χ2v) is 4.56. The van der Waals surface area contributed by atoms with Gasteiger partial charge in [-0.25, -0.2) is 4.68 Å². The largest absolute Gasteiger partial charge is 0.480 e. The Morgan fingerprint density at radius 1 is 1.58 bits per heavy atom. The van der Waals surface area contributed by atoms with Crippen LogP contribution in [0.4, 0.5) is 0 Å². The zero-order valence-corrected chi connectivity index (χ0v) is 10.7. The number of hydrogen-bond donors (Lipinski definition) is 1. The molecule has 0 spiro atoms. The fourth-order valence-corrected chi connectivity index (χ4v) is 2.16. The maximum absolute atomic E-state index is 12.1. The maximum atomic E-state index is 12.1. The highest BCUT2D eigenvalue weighted by molar-refractivity contribution is 5.92. The number of rotatable bonds is 5. The van der Waals surface area contributed by atoms with E-state index in [-0.39, 0.29) is 18.1 Å². The lowest BCUT2D eigenvalue weighted by Crippen LogP contribution is -2.29. The van der Waals surface area contributed by atoms with Gasteiger partial charge in [0.1, 0.15) is 6.54 Å². The molecule has 1 atom stereocenters. The zero-order valence-electron chi connectivity index (χ0n) is 10.7. The Balaban J connectivity index is 1.96. The van der Waals surface area contributed by atoms with Crippen LogP contribution in [-0.2, 0) is 16.1 Å². The highest BCUT2D eigenvalue weighted by Gasteiger charge is 2.28. The van der Waals surface area contributed by atoms with Crippen molar-refractivity contribution < 1.29 is 19.4 Å². The number of aromatic nitrogens is 3. The minimum Gasteiger partial charge on any atom is -0.480 e. The van der Waals surface area contributed by atoms with Crippen LogP contribution in [0.25, 0.3) is 0 Å². The molecular formula is C11H16N4O4. The molecule has 1 aromatic rings. The van der Waals surface area contributed by atoms with E-state index in [2.05, 4.69) is 10.3 Å². The van der Waals surface area contributed by atoms with Crippen LogP contribution in [0.5, 0.6) is 0 Å². The van der Waals surface area contributed by atoms with Gasteiger partial charge in [0.15, 0.2) is 5.69 Å². The summed E-state index contributed by atoms with van der Waals surface area (Å²) in [7, 11) is 1.64. The van der Waals surface area contributed by atoms with E-state index in [4.69, 9.17) is 9.84 Å². The number of methoxy groups -OCH3 is 1. The molecule has 1 aromatic heterocycles. The van der Waals surface area contributed by atoms with Crippen molar-refractivity contribution in [2.45, 2.75) is 13.0 Å². The fraction of sp³-hybridized carbons (Fsp3) is 0.636. The minimum atomic E-state index is -1.02. The minimum absolute atomic E-state index is 0.180. The molecule has 8 nitrogen and oxygen atoms in total. The summed E-state index contributed by atoms with van der Waals surface area (Å²) >= 11 is 0. The summed E-state index contributed by atoms with van der Waals surface area (Å²) in [5.41, 5.74) is 0.180. The van der Waals surface area contributed by atoms with Crippen LogP contribution >= 0.6 is 0 Å². The van der Waals surface area contributed by atoms with Crippen LogP contribution in [0.15, 0.2) is 6.20 Å². The topological polar surface area (TPSA) is 97.5 Å². The Kier molecular flexibility index (Phi) is 4.10. The van der Waals surface area contributed by atoms with Gasteiger partial charge < -0.3 is 14.7 Å². The van der Waals surface area contributed by atoms with Gasteiger partial charge in [0.2, 0.25) is 0 Å². The number of carbonyl (C=O) groups is 2. The first kappa shape index (κ1) is 13.5. The second-order valence-electron chi connectivity index (χ2n) is 4.56. The standard InChI is InChI=1S/C11H16N4O4/c1-19-7-8-2-3-14(4-8)11(18)9-5-15(13-12-9)6-10(16)17/h5,8H,2-4,6-7H2,1H3,(H,16,17). The molecule has 1 fully saturated rings. The molecule has 1 aliphatic rings. The summed E-state index contributed by atoms with van der Waals surface area (Å²) in [5, 5.41) is 16.0. The average Bonchev–Trinajstić information content (AvgIpc) is 2.97. The molecule has 2 rings (SSSR count). The highest BCUT2D eigenvalue weighted by Crippen LogP contribution is 2.18. The van der Waals surface area contributed by atoms with E-state index < -0.39 is 5.97 Å². The van der Waals surface area contributed by atoms with E-state index in [1.54, 1.807) is 12.0 Å². The van der Waals surface area contributed by atoms with Crippen LogP contribution < -0.4 is 0 Å². The number of likely N-dealkylation sites (tertiary alicyclic amines) is 1. The number of carboxylic acids is 1. The van der Waals surface area contributed by atoms with Crippen molar-refractivity contribution in [3.05, 3.63) is 11.9 Å². The third-order valence-electron chi connectivity index (χ3n) is 3.03. The Morgan fingerprint density at radius 2 is 2.37 bits per heavy atom. The number of carboxylic acid groups (broad SMARTS) is 1. The van der Waals surface area contributed by atoms with E-state index in [1.165, 1.54) is 6.20 Å². The van der Waals surface area contributed by atoms with Crippen LogP contribution in [-0.4, -0.2) is 63.7 Å². The second kappa shape index (κ2) is 5.79. The molecule has 1 N–H and O–H groups in total. The fourth-order valence-electron chi connectivity index (χ4n) is 2.16. The van der Waals surface area contributed by atoms with E-state index in [1.807, 2.05) is 0 Å². The summed E-state index contributed by atoms with van der Waals surface area (Å²) in [6.07, 6.45) is 2.27. The zero-order chi connectivity index (χ0) is 13.8. The molecule has 1 amide bonds. The SMILES string of the molecule is COCC1CCN(C(=O)c2cn(CC(=O)O)nn2)C1. The van der Waals surface area contributed by atoms with Crippen molar-refractivity contribution in [3.8, 4) is 0 Å². The number of nitrogens with zero attached hydrogens (tertiary/aromatic N) is 4. The van der Waals surface area contributed by atoms with Gasteiger partial charge in [-0.05, 0) is 6.42 Å². The lowest BCUT2D eigenvalue weighted by atomic mass is 10.1. The Morgan fingerprint density at radius 3 is 3.05 bits per heavy atom. The number of ether oxygens (including phenoxy) is 1. The van der Waals surface area contributed by atoms with Crippen molar-refractivity contribution >= 4 is 11.9 Å². The van der Waals surface area contributed by atoms with Crippen LogP contribution in [0, 0.1) is 5.92 Å². The summed E-state index contributed by atoms with van der Waals surface area (Å²) < 4.78 is 6.21. The predicted molar refractivity (Wildman–Crippen MR) is 63.5 cm³/mol. The van der Waals surface area contributed by atoms with E-state index in [9.17, 15) is 9.59 Å². The van der Waals surface area contributed by atoms with Crippen molar-refractivity contribution in [1.29, 1.82) is 0 Å². The predicted octanol–water partition coefficient (Wildman–Crippen LogP) is -0.529. The van der Waals surface area contributed by atoms with E-state index in [0.717, 1.165) is 11.1 Å². The summed E-state index contributed by atoms with van der Waals surface area (Å²) in [4.78, 5) is 24.3. The molecule has 8 heteroatoms. The lowest BCUT2D eigenvalue weighted by molar-refractivity contribution is -0.137. The molecule has 1 aliphatic heterocycles. The molecule has 0 radical (unpaired) electrons. The van der Waals surface area contributed by atoms with Crippen molar-refractivity contribution in [3.63, 3.8) is 0 Å². The molecule has 104 valence electrons. The van der Waals surface area contributed by atoms with Crippen LogP contribution in [0.1, 0.15) is 16.9 Å². The third-order valence-corrected chi connectivity index (χ3v) is 3.03. The first-order chi connectivity index (χ1) is 9.10. The molecule has 0 aromatic carbocycles. The van der Waals surface area contributed by atoms with Gasteiger partial charge in [-0.15, -0.1) is 5.10 Å².